The maximum absolute atomic E-state index is 12.9. The van der Waals surface area contributed by atoms with E-state index >= 15 is 0 Å². The number of carbonyl (C=O) groups is 1. The lowest BCUT2D eigenvalue weighted by molar-refractivity contribution is -0.118. The van der Waals surface area contributed by atoms with E-state index < -0.39 is 10.0 Å². The van der Waals surface area contributed by atoms with Gasteiger partial charge in [0.05, 0.1) is 0 Å². The summed E-state index contributed by atoms with van der Waals surface area (Å²) in [6.07, 6.45) is 1.11. The molecular weight excluding hydrogens is 428 g/mol. The van der Waals surface area contributed by atoms with Gasteiger partial charge in [-0.05, 0) is 63.7 Å². The highest BCUT2D eigenvalue weighted by atomic mass is 79.9. The van der Waals surface area contributed by atoms with Crippen LogP contribution in [0.1, 0.15) is 44.2 Å². The van der Waals surface area contributed by atoms with E-state index in [1.54, 1.807) is 36.1 Å². The van der Waals surface area contributed by atoms with E-state index in [1.807, 2.05) is 12.1 Å². The van der Waals surface area contributed by atoms with E-state index in [2.05, 4.69) is 34.5 Å². The highest BCUT2D eigenvalue weighted by Gasteiger charge is 2.28. The molecule has 0 aliphatic carbocycles. The van der Waals surface area contributed by atoms with Crippen molar-refractivity contribution in [3.05, 3.63) is 52.0 Å². The Morgan fingerprint density at radius 1 is 1.22 bits per heavy atom. The lowest BCUT2D eigenvalue weighted by atomic mass is 10.0. The normalized spacial score (nSPS) is 13.7. The molecule has 2 aromatic carbocycles. The number of fused-ring (bicyclic) bond motifs is 1. The van der Waals surface area contributed by atoms with Crippen LogP contribution in [0.25, 0.3) is 0 Å². The zero-order valence-electron chi connectivity index (χ0n) is 15.6. The van der Waals surface area contributed by atoms with Crippen LogP contribution >= 0.6 is 15.9 Å². The number of benzene rings is 2. The summed E-state index contributed by atoms with van der Waals surface area (Å²) >= 11 is 3.38. The summed E-state index contributed by atoms with van der Waals surface area (Å²) in [5.41, 5.74) is 3.31. The quantitative estimate of drug-likeness (QED) is 0.719. The van der Waals surface area contributed by atoms with Gasteiger partial charge in [-0.2, -0.15) is 0 Å². The largest absolute Gasteiger partial charge is 0.312 e. The number of nitrogens with one attached hydrogen (secondary N) is 1. The number of sulfonamides is 1. The minimum absolute atomic E-state index is 0.00310. The molecule has 1 aliphatic heterocycles. The monoisotopic (exact) mass is 450 g/mol. The predicted octanol–water partition coefficient (Wildman–Crippen LogP) is 4.67. The average molecular weight is 451 g/mol. The first-order chi connectivity index (χ1) is 12.7. The molecule has 27 heavy (non-hydrogen) atoms. The molecular formula is C20H23BrN2O3S. The summed E-state index contributed by atoms with van der Waals surface area (Å²) in [5, 5.41) is 0. The minimum atomic E-state index is -3.79. The first-order valence-electron chi connectivity index (χ1n) is 8.98. The standard InChI is InChI=1S/C20H23BrN2O3S/c1-4-20(24)23-10-9-15-11-17(21)19(12-18(15)23)27(25,26)22-16-7-5-14(6-8-16)13(2)3/h5-8,11-13,22H,4,9-10H2,1-3H3. The number of rotatable bonds is 5. The van der Waals surface area contributed by atoms with Gasteiger partial charge < -0.3 is 4.90 Å². The molecule has 5 nitrogen and oxygen atoms in total. The van der Waals surface area contributed by atoms with E-state index in [0.29, 0.717) is 34.7 Å². The third kappa shape index (κ3) is 4.04. The van der Waals surface area contributed by atoms with Gasteiger partial charge in [-0.25, -0.2) is 8.42 Å². The van der Waals surface area contributed by atoms with Crippen LogP contribution in [0.5, 0.6) is 0 Å². The van der Waals surface area contributed by atoms with E-state index in [0.717, 1.165) is 17.5 Å². The zero-order valence-corrected chi connectivity index (χ0v) is 18.0. The highest BCUT2D eigenvalue weighted by molar-refractivity contribution is 9.10. The fourth-order valence-electron chi connectivity index (χ4n) is 3.19. The van der Waals surface area contributed by atoms with Gasteiger partial charge in [0.25, 0.3) is 10.0 Å². The van der Waals surface area contributed by atoms with Crippen LogP contribution in [0, 0.1) is 0 Å². The van der Waals surface area contributed by atoms with Crippen molar-refractivity contribution in [2.45, 2.75) is 44.4 Å². The van der Waals surface area contributed by atoms with E-state index in [9.17, 15) is 13.2 Å². The van der Waals surface area contributed by atoms with Crippen LogP contribution in [-0.4, -0.2) is 20.9 Å². The van der Waals surface area contributed by atoms with Gasteiger partial charge in [-0.1, -0.05) is 32.9 Å². The Hall–Kier alpha value is -1.86. The van der Waals surface area contributed by atoms with E-state index in [-0.39, 0.29) is 10.8 Å². The molecule has 0 saturated heterocycles. The first kappa shape index (κ1) is 19.9. The molecule has 0 spiro atoms. The fourth-order valence-corrected chi connectivity index (χ4v) is 5.36. The molecule has 0 unspecified atom stereocenters. The molecule has 0 saturated carbocycles. The van der Waals surface area contributed by atoms with Gasteiger partial charge in [-0.15, -0.1) is 0 Å². The molecule has 7 heteroatoms. The second-order valence-electron chi connectivity index (χ2n) is 6.94. The molecule has 144 valence electrons. The Morgan fingerprint density at radius 2 is 1.89 bits per heavy atom. The molecule has 0 aromatic heterocycles. The van der Waals surface area contributed by atoms with Crippen LogP contribution in [0.2, 0.25) is 0 Å². The lowest BCUT2D eigenvalue weighted by Crippen LogP contribution is -2.28. The zero-order chi connectivity index (χ0) is 19.8. The number of nitrogens with zero attached hydrogens (tertiary/aromatic N) is 1. The Kier molecular flexibility index (Phi) is 5.63. The van der Waals surface area contributed by atoms with Crippen molar-refractivity contribution in [1.82, 2.24) is 0 Å². The first-order valence-corrected chi connectivity index (χ1v) is 11.3. The van der Waals surface area contributed by atoms with Gasteiger partial charge in [0, 0.05) is 28.8 Å². The van der Waals surface area contributed by atoms with Gasteiger partial charge in [0.1, 0.15) is 4.90 Å². The summed E-state index contributed by atoms with van der Waals surface area (Å²) < 4.78 is 29.0. The lowest BCUT2D eigenvalue weighted by Gasteiger charge is -2.18. The smallest absolute Gasteiger partial charge is 0.263 e. The minimum Gasteiger partial charge on any atom is -0.312 e. The predicted molar refractivity (Wildman–Crippen MR) is 112 cm³/mol. The number of carbonyl (C=O) groups excluding carboxylic acids is 1. The Bertz CT molecular complexity index is 969. The number of anilines is 2. The van der Waals surface area contributed by atoms with Gasteiger partial charge in [0.15, 0.2) is 0 Å². The van der Waals surface area contributed by atoms with Crippen LogP contribution < -0.4 is 9.62 Å². The molecule has 1 amide bonds. The number of halogens is 1. The van der Waals surface area contributed by atoms with Crippen LogP contribution in [-0.2, 0) is 21.2 Å². The SMILES string of the molecule is CCC(=O)N1CCc2cc(Br)c(S(=O)(=O)Nc3ccc(C(C)C)cc3)cc21. The molecule has 0 fully saturated rings. The van der Waals surface area contributed by atoms with Crippen molar-refractivity contribution in [1.29, 1.82) is 0 Å². The number of amides is 1. The molecule has 1 N–H and O–H groups in total. The Morgan fingerprint density at radius 3 is 2.48 bits per heavy atom. The van der Waals surface area contributed by atoms with Crippen LogP contribution in [0.15, 0.2) is 45.8 Å². The van der Waals surface area contributed by atoms with Crippen molar-refractivity contribution in [3.8, 4) is 0 Å². The number of hydrogen-bond acceptors (Lipinski definition) is 3. The summed E-state index contributed by atoms with van der Waals surface area (Å²) in [4.78, 5) is 13.9. The molecule has 0 radical (unpaired) electrons. The highest BCUT2D eigenvalue weighted by Crippen LogP contribution is 2.36. The van der Waals surface area contributed by atoms with Crippen molar-refractivity contribution < 1.29 is 13.2 Å². The van der Waals surface area contributed by atoms with Crippen molar-refractivity contribution in [3.63, 3.8) is 0 Å². The molecule has 0 atom stereocenters. The molecule has 3 rings (SSSR count). The summed E-state index contributed by atoms with van der Waals surface area (Å²) in [7, 11) is -3.79. The van der Waals surface area contributed by atoms with Crippen molar-refractivity contribution in [2.24, 2.45) is 0 Å². The van der Waals surface area contributed by atoms with Crippen molar-refractivity contribution in [2.75, 3.05) is 16.2 Å². The topological polar surface area (TPSA) is 66.5 Å². The van der Waals surface area contributed by atoms with Gasteiger partial charge >= 0.3 is 0 Å². The summed E-state index contributed by atoms with van der Waals surface area (Å²) in [6, 6.07) is 10.8. The molecule has 1 heterocycles. The van der Waals surface area contributed by atoms with Gasteiger partial charge in [-0.3, -0.25) is 9.52 Å². The number of hydrogen-bond donors (Lipinski definition) is 1. The summed E-state index contributed by atoms with van der Waals surface area (Å²) in [6.45, 7) is 6.57. The fraction of sp³-hybridized carbons (Fsp3) is 0.350. The van der Waals surface area contributed by atoms with Crippen LogP contribution in [0.4, 0.5) is 11.4 Å². The van der Waals surface area contributed by atoms with E-state index in [1.165, 1.54) is 0 Å². The average Bonchev–Trinajstić information content (AvgIpc) is 3.03. The third-order valence-corrected chi connectivity index (χ3v) is 7.09. The second kappa shape index (κ2) is 7.64. The molecule has 2 aromatic rings. The second-order valence-corrected chi connectivity index (χ2v) is 9.45. The van der Waals surface area contributed by atoms with Gasteiger partial charge in [0.2, 0.25) is 5.91 Å². The molecule has 0 bridgehead atoms. The summed E-state index contributed by atoms with van der Waals surface area (Å²) in [5.74, 6) is 0.375. The van der Waals surface area contributed by atoms with Crippen molar-refractivity contribution >= 4 is 43.2 Å². The third-order valence-electron chi connectivity index (χ3n) is 4.75. The maximum atomic E-state index is 12.9. The Labute approximate surface area is 169 Å². The van der Waals surface area contributed by atoms with Crippen LogP contribution in [0.3, 0.4) is 0 Å². The molecule has 1 aliphatic rings. The Balaban J connectivity index is 1.94. The van der Waals surface area contributed by atoms with E-state index in [4.69, 9.17) is 0 Å². The maximum Gasteiger partial charge on any atom is 0.263 e.